The van der Waals surface area contributed by atoms with Gasteiger partial charge in [-0.15, -0.1) is 0 Å². The fraction of sp³-hybridized carbons (Fsp3) is 0.556. The molecule has 3 aliphatic rings. The van der Waals surface area contributed by atoms with Crippen LogP contribution in [0.2, 0.25) is 0 Å². The highest BCUT2D eigenvalue weighted by atomic mass is 16.3. The molecule has 0 radical (unpaired) electrons. The Morgan fingerprint density at radius 1 is 0.967 bits per heavy atom. The van der Waals surface area contributed by atoms with E-state index in [0.717, 1.165) is 57.0 Å². The number of nitrogens with zero attached hydrogens (tertiary/aromatic N) is 2. The molecule has 1 aliphatic carbocycles. The van der Waals surface area contributed by atoms with Gasteiger partial charge in [-0.3, -0.25) is 4.90 Å². The van der Waals surface area contributed by atoms with Crippen molar-refractivity contribution in [2.45, 2.75) is 57.2 Å². The molecule has 160 valence electrons. The van der Waals surface area contributed by atoms with Gasteiger partial charge in [0.25, 0.3) is 0 Å². The summed E-state index contributed by atoms with van der Waals surface area (Å²) >= 11 is 0. The first-order valence-electron chi connectivity index (χ1n) is 11.9. The summed E-state index contributed by atoms with van der Waals surface area (Å²) in [6, 6.07) is 20.4. The molecule has 2 aromatic rings. The van der Waals surface area contributed by atoms with E-state index in [0.29, 0.717) is 11.8 Å². The molecule has 3 fully saturated rings. The second kappa shape index (κ2) is 8.45. The van der Waals surface area contributed by atoms with Crippen LogP contribution >= 0.6 is 0 Å². The van der Waals surface area contributed by atoms with E-state index in [-0.39, 0.29) is 0 Å². The van der Waals surface area contributed by atoms with Crippen LogP contribution in [0, 0.1) is 11.8 Å². The fourth-order valence-corrected chi connectivity index (χ4v) is 6.27. The van der Waals surface area contributed by atoms with Gasteiger partial charge in [-0.1, -0.05) is 54.6 Å². The maximum atomic E-state index is 11.7. The van der Waals surface area contributed by atoms with Gasteiger partial charge in [-0.25, -0.2) is 0 Å². The van der Waals surface area contributed by atoms with Crippen LogP contribution in [0.3, 0.4) is 0 Å². The molecule has 1 saturated carbocycles. The van der Waals surface area contributed by atoms with E-state index < -0.39 is 5.60 Å². The summed E-state index contributed by atoms with van der Waals surface area (Å²) in [7, 11) is 0. The minimum Gasteiger partial charge on any atom is -0.385 e. The Morgan fingerprint density at radius 3 is 2.50 bits per heavy atom. The van der Waals surface area contributed by atoms with Crippen molar-refractivity contribution in [1.82, 2.24) is 9.80 Å². The Balaban J connectivity index is 1.22. The van der Waals surface area contributed by atoms with Crippen LogP contribution < -0.4 is 0 Å². The number of hydrogen-bond acceptors (Lipinski definition) is 3. The first kappa shape index (κ1) is 20.2. The smallest absolute Gasteiger partial charge is 0.0940 e. The Labute approximate surface area is 181 Å². The number of rotatable bonds is 6. The zero-order chi connectivity index (χ0) is 20.6. The zero-order valence-corrected chi connectivity index (χ0v) is 18.3. The molecule has 2 saturated heterocycles. The van der Waals surface area contributed by atoms with E-state index in [1.54, 1.807) is 0 Å². The number of aliphatic hydroxyl groups is 1. The number of benzene rings is 2. The van der Waals surface area contributed by atoms with Crippen molar-refractivity contribution < 1.29 is 5.11 Å². The molecule has 30 heavy (non-hydrogen) atoms. The Bertz CT molecular complexity index is 836. The van der Waals surface area contributed by atoms with Crippen molar-refractivity contribution in [1.29, 1.82) is 0 Å². The summed E-state index contributed by atoms with van der Waals surface area (Å²) in [5.74, 6) is 0.979. The standard InChI is InChI=1S/C27H36N2O/c1-21-6-5-16-29(21)17-14-22-9-11-25(12-10-22)27(30)15-13-24-19-28(20-26(24)27)18-23-7-3-2-4-8-23/h2-4,7-12,21,24,26,30H,5-6,13-20H2,1H3. The highest BCUT2D eigenvalue weighted by molar-refractivity contribution is 5.30. The number of hydrogen-bond donors (Lipinski definition) is 1. The van der Waals surface area contributed by atoms with Gasteiger partial charge < -0.3 is 10.0 Å². The van der Waals surface area contributed by atoms with Crippen LogP contribution in [0.15, 0.2) is 54.6 Å². The Morgan fingerprint density at radius 2 is 1.77 bits per heavy atom. The molecule has 0 spiro atoms. The summed E-state index contributed by atoms with van der Waals surface area (Å²) in [5.41, 5.74) is 3.25. The summed E-state index contributed by atoms with van der Waals surface area (Å²) in [6.07, 6.45) is 5.85. The third-order valence-electron chi connectivity index (χ3n) is 8.11. The molecule has 4 unspecified atom stereocenters. The molecule has 2 aliphatic heterocycles. The van der Waals surface area contributed by atoms with E-state index in [1.165, 1.54) is 30.5 Å². The summed E-state index contributed by atoms with van der Waals surface area (Å²) in [4.78, 5) is 5.16. The first-order chi connectivity index (χ1) is 14.6. The number of likely N-dealkylation sites (tertiary alicyclic amines) is 2. The second-order valence-corrected chi connectivity index (χ2v) is 9.98. The van der Waals surface area contributed by atoms with Gasteiger partial charge in [-0.2, -0.15) is 0 Å². The molecule has 2 heterocycles. The molecule has 0 bridgehead atoms. The van der Waals surface area contributed by atoms with Crippen LogP contribution in [-0.2, 0) is 18.6 Å². The molecule has 0 amide bonds. The van der Waals surface area contributed by atoms with Crippen molar-refractivity contribution in [2.24, 2.45) is 11.8 Å². The van der Waals surface area contributed by atoms with Crippen LogP contribution in [0.25, 0.3) is 0 Å². The van der Waals surface area contributed by atoms with Gasteiger partial charge in [0.05, 0.1) is 5.60 Å². The average Bonchev–Trinajstić information content (AvgIpc) is 3.45. The third-order valence-corrected chi connectivity index (χ3v) is 8.11. The minimum absolute atomic E-state index is 0.359. The Kier molecular flexibility index (Phi) is 5.70. The van der Waals surface area contributed by atoms with E-state index in [1.807, 2.05) is 0 Å². The van der Waals surface area contributed by atoms with Crippen LogP contribution in [0.5, 0.6) is 0 Å². The second-order valence-electron chi connectivity index (χ2n) is 9.98. The lowest BCUT2D eigenvalue weighted by Crippen LogP contribution is -2.34. The van der Waals surface area contributed by atoms with Crippen LogP contribution in [0.4, 0.5) is 0 Å². The quantitative estimate of drug-likeness (QED) is 0.771. The Hall–Kier alpha value is -1.68. The lowest BCUT2D eigenvalue weighted by atomic mass is 9.82. The first-order valence-corrected chi connectivity index (χ1v) is 11.9. The van der Waals surface area contributed by atoms with Gasteiger partial charge in [0.2, 0.25) is 0 Å². The molecule has 0 aromatic heterocycles. The molecule has 4 atom stereocenters. The van der Waals surface area contributed by atoms with Crippen LogP contribution in [0.1, 0.15) is 49.3 Å². The third kappa shape index (κ3) is 3.95. The average molecular weight is 405 g/mol. The highest BCUT2D eigenvalue weighted by Crippen LogP contribution is 2.50. The molecule has 3 nitrogen and oxygen atoms in total. The van der Waals surface area contributed by atoms with E-state index in [4.69, 9.17) is 0 Å². The molecule has 5 rings (SSSR count). The van der Waals surface area contributed by atoms with Gasteiger partial charge >= 0.3 is 0 Å². The van der Waals surface area contributed by atoms with Gasteiger partial charge in [-0.05, 0) is 68.2 Å². The van der Waals surface area contributed by atoms with Crippen molar-refractivity contribution >= 4 is 0 Å². The monoisotopic (exact) mass is 404 g/mol. The fourth-order valence-electron chi connectivity index (χ4n) is 6.27. The van der Waals surface area contributed by atoms with Crippen molar-refractivity contribution in [3.8, 4) is 0 Å². The summed E-state index contributed by atoms with van der Waals surface area (Å²) in [6.45, 7) is 7.88. The molecule has 3 heteroatoms. The maximum Gasteiger partial charge on any atom is 0.0940 e. The minimum atomic E-state index is -0.655. The summed E-state index contributed by atoms with van der Waals surface area (Å²) < 4.78 is 0. The molecule has 1 N–H and O–H groups in total. The predicted octanol–water partition coefficient (Wildman–Crippen LogP) is 4.44. The topological polar surface area (TPSA) is 26.7 Å². The van der Waals surface area contributed by atoms with Gasteiger partial charge in [0.1, 0.15) is 0 Å². The normalized spacial score (nSPS) is 32.0. The van der Waals surface area contributed by atoms with E-state index in [9.17, 15) is 5.11 Å². The molecular formula is C27H36N2O. The number of fused-ring (bicyclic) bond motifs is 1. The van der Waals surface area contributed by atoms with Crippen molar-refractivity contribution in [2.75, 3.05) is 26.2 Å². The van der Waals surface area contributed by atoms with E-state index >= 15 is 0 Å². The van der Waals surface area contributed by atoms with Crippen LogP contribution in [-0.4, -0.2) is 47.1 Å². The zero-order valence-electron chi connectivity index (χ0n) is 18.3. The highest BCUT2D eigenvalue weighted by Gasteiger charge is 2.52. The van der Waals surface area contributed by atoms with Gasteiger partial charge in [0, 0.05) is 38.1 Å². The lowest BCUT2D eigenvalue weighted by molar-refractivity contribution is -0.00684. The van der Waals surface area contributed by atoms with Crippen molar-refractivity contribution in [3.63, 3.8) is 0 Å². The van der Waals surface area contributed by atoms with Gasteiger partial charge in [0.15, 0.2) is 0 Å². The SMILES string of the molecule is CC1CCCN1CCc1ccc(C2(O)CCC3CN(Cc4ccccc4)CC32)cc1. The lowest BCUT2D eigenvalue weighted by Gasteiger charge is -2.31. The van der Waals surface area contributed by atoms with Crippen molar-refractivity contribution in [3.05, 3.63) is 71.3 Å². The maximum absolute atomic E-state index is 11.7. The summed E-state index contributed by atoms with van der Waals surface area (Å²) in [5, 5.41) is 11.7. The molecular weight excluding hydrogens is 368 g/mol. The van der Waals surface area contributed by atoms with E-state index in [2.05, 4.69) is 71.3 Å². The predicted molar refractivity (Wildman–Crippen MR) is 122 cm³/mol. The largest absolute Gasteiger partial charge is 0.385 e. The molecule has 2 aromatic carbocycles.